The van der Waals surface area contributed by atoms with E-state index in [4.69, 9.17) is 5.11 Å². The van der Waals surface area contributed by atoms with E-state index >= 15 is 0 Å². The van der Waals surface area contributed by atoms with Gasteiger partial charge >= 0.3 is 0 Å². The Labute approximate surface area is 125 Å². The topological polar surface area (TPSA) is 46.9 Å². The van der Waals surface area contributed by atoms with E-state index < -0.39 is 6.10 Å². The third-order valence-electron chi connectivity index (χ3n) is 4.17. The molecule has 2 N–H and O–H groups in total. The molecule has 1 aromatic carbocycles. The molecular weight excluding hydrogens is 271 g/mol. The summed E-state index contributed by atoms with van der Waals surface area (Å²) >= 11 is 0. The molecule has 1 fully saturated rings. The van der Waals surface area contributed by atoms with Crippen LogP contribution in [0.5, 0.6) is 0 Å². The van der Waals surface area contributed by atoms with Gasteiger partial charge in [-0.3, -0.25) is 4.90 Å². The fourth-order valence-corrected chi connectivity index (χ4v) is 2.72. The highest BCUT2D eigenvalue weighted by Crippen LogP contribution is 2.20. The zero-order valence-corrected chi connectivity index (χ0v) is 12.6. The number of hydrogen-bond acceptors (Lipinski definition) is 4. The number of aliphatic hydroxyl groups excluding tert-OH is 2. The second-order valence-electron chi connectivity index (χ2n) is 5.72. The number of β-amino-alcohol motifs (C(OH)–C–C–N with tert-alkyl or cyclic N) is 1. The Bertz CT molecular complexity index is 448. The summed E-state index contributed by atoms with van der Waals surface area (Å²) in [6, 6.07) is 4.80. The molecule has 21 heavy (non-hydrogen) atoms. The predicted octanol–water partition coefficient (Wildman–Crippen LogP) is 1.17. The Morgan fingerprint density at radius 3 is 2.33 bits per heavy atom. The average molecular weight is 296 g/mol. The van der Waals surface area contributed by atoms with Gasteiger partial charge in [0.25, 0.3) is 0 Å². The van der Waals surface area contributed by atoms with Crippen molar-refractivity contribution in [2.75, 3.05) is 45.9 Å². The summed E-state index contributed by atoms with van der Waals surface area (Å²) in [7, 11) is 0. The lowest BCUT2D eigenvalue weighted by Gasteiger charge is -2.34. The van der Waals surface area contributed by atoms with Crippen molar-refractivity contribution in [1.82, 2.24) is 9.80 Å². The summed E-state index contributed by atoms with van der Waals surface area (Å²) in [4.78, 5) is 4.57. The minimum Gasteiger partial charge on any atom is -0.395 e. The van der Waals surface area contributed by atoms with Gasteiger partial charge < -0.3 is 15.1 Å². The molecule has 1 atom stereocenters. The van der Waals surface area contributed by atoms with Crippen LogP contribution in [-0.4, -0.2) is 65.9 Å². The van der Waals surface area contributed by atoms with E-state index in [-0.39, 0.29) is 12.4 Å². The monoisotopic (exact) mass is 296 g/mol. The maximum absolute atomic E-state index is 13.2. The first kappa shape index (κ1) is 16.4. The van der Waals surface area contributed by atoms with E-state index in [1.807, 2.05) is 0 Å². The summed E-state index contributed by atoms with van der Waals surface area (Å²) in [5.74, 6) is -0.231. The van der Waals surface area contributed by atoms with E-state index in [2.05, 4.69) is 9.80 Å². The maximum atomic E-state index is 13.2. The lowest BCUT2D eigenvalue weighted by molar-refractivity contribution is 0.0923. The van der Waals surface area contributed by atoms with Crippen LogP contribution in [0.3, 0.4) is 0 Å². The molecule has 0 aliphatic carbocycles. The van der Waals surface area contributed by atoms with Crippen LogP contribution in [-0.2, 0) is 0 Å². The number of rotatable bonds is 6. The van der Waals surface area contributed by atoms with Crippen LogP contribution in [0.15, 0.2) is 18.2 Å². The van der Waals surface area contributed by atoms with Crippen LogP contribution in [0.4, 0.5) is 4.39 Å². The Hall–Kier alpha value is -1.01. The van der Waals surface area contributed by atoms with E-state index in [1.54, 1.807) is 19.1 Å². The molecule has 0 aromatic heterocycles. The van der Waals surface area contributed by atoms with E-state index in [1.165, 1.54) is 6.07 Å². The SMILES string of the molecule is Cc1cc(C(O)CCN2CCN(CCO)CC2)ccc1F. The highest BCUT2D eigenvalue weighted by molar-refractivity contribution is 5.25. The summed E-state index contributed by atoms with van der Waals surface area (Å²) in [6.07, 6.45) is 0.116. The zero-order chi connectivity index (χ0) is 15.2. The summed E-state index contributed by atoms with van der Waals surface area (Å²) in [5, 5.41) is 19.1. The molecule has 1 heterocycles. The van der Waals surface area contributed by atoms with Gasteiger partial charge in [0.05, 0.1) is 12.7 Å². The fourth-order valence-electron chi connectivity index (χ4n) is 2.72. The molecule has 1 aliphatic rings. The van der Waals surface area contributed by atoms with Gasteiger partial charge in [0.2, 0.25) is 0 Å². The fraction of sp³-hybridized carbons (Fsp3) is 0.625. The minimum atomic E-state index is -0.542. The number of nitrogens with zero attached hydrogens (tertiary/aromatic N) is 2. The van der Waals surface area contributed by atoms with Crippen molar-refractivity contribution in [3.8, 4) is 0 Å². The van der Waals surface area contributed by atoms with Crippen molar-refractivity contribution in [3.05, 3.63) is 35.1 Å². The van der Waals surface area contributed by atoms with Gasteiger partial charge in [0, 0.05) is 39.3 Å². The van der Waals surface area contributed by atoms with Crippen molar-refractivity contribution in [2.45, 2.75) is 19.4 Å². The lowest BCUT2D eigenvalue weighted by atomic mass is 10.0. The molecule has 1 aliphatic heterocycles. The second kappa shape index (κ2) is 7.84. The number of hydrogen-bond donors (Lipinski definition) is 2. The summed E-state index contributed by atoms with van der Waals surface area (Å²) in [6.45, 7) is 7.37. The van der Waals surface area contributed by atoms with E-state index in [9.17, 15) is 9.50 Å². The Balaban J connectivity index is 1.76. The van der Waals surface area contributed by atoms with Crippen molar-refractivity contribution in [2.24, 2.45) is 0 Å². The van der Waals surface area contributed by atoms with Crippen molar-refractivity contribution < 1.29 is 14.6 Å². The molecule has 0 saturated carbocycles. The van der Waals surface area contributed by atoms with Crippen molar-refractivity contribution >= 4 is 0 Å². The molecule has 118 valence electrons. The van der Waals surface area contributed by atoms with Gasteiger partial charge in [-0.05, 0) is 30.5 Å². The lowest BCUT2D eigenvalue weighted by Crippen LogP contribution is -2.47. The maximum Gasteiger partial charge on any atom is 0.126 e. The summed E-state index contributed by atoms with van der Waals surface area (Å²) < 4.78 is 13.2. The van der Waals surface area contributed by atoms with Gasteiger partial charge in [0.15, 0.2) is 0 Å². The van der Waals surface area contributed by atoms with E-state index in [0.717, 1.165) is 44.8 Å². The van der Waals surface area contributed by atoms with Crippen LogP contribution in [0.2, 0.25) is 0 Å². The minimum absolute atomic E-state index is 0.211. The Kier molecular flexibility index (Phi) is 6.11. The van der Waals surface area contributed by atoms with Crippen LogP contribution in [0.1, 0.15) is 23.7 Å². The quantitative estimate of drug-likeness (QED) is 0.827. The van der Waals surface area contributed by atoms with Gasteiger partial charge in [-0.1, -0.05) is 12.1 Å². The number of benzene rings is 1. The standard InChI is InChI=1S/C16H25FN2O2/c1-13-12-14(2-3-15(13)17)16(21)4-5-18-6-8-19(9-7-18)10-11-20/h2-3,12,16,20-21H,4-11H2,1H3. The first-order valence-electron chi connectivity index (χ1n) is 7.60. The van der Waals surface area contributed by atoms with Gasteiger partial charge in [-0.2, -0.15) is 0 Å². The Morgan fingerprint density at radius 1 is 1.14 bits per heavy atom. The molecule has 2 rings (SSSR count). The van der Waals surface area contributed by atoms with E-state index in [0.29, 0.717) is 12.0 Å². The Morgan fingerprint density at radius 2 is 1.76 bits per heavy atom. The van der Waals surface area contributed by atoms with Gasteiger partial charge in [-0.15, -0.1) is 0 Å². The molecule has 0 bridgehead atoms. The first-order valence-corrected chi connectivity index (χ1v) is 7.60. The van der Waals surface area contributed by atoms with Crippen LogP contribution < -0.4 is 0 Å². The molecule has 0 radical (unpaired) electrons. The largest absolute Gasteiger partial charge is 0.395 e. The smallest absolute Gasteiger partial charge is 0.126 e. The molecular formula is C16H25FN2O2. The molecule has 0 spiro atoms. The van der Waals surface area contributed by atoms with Crippen LogP contribution in [0.25, 0.3) is 0 Å². The second-order valence-corrected chi connectivity index (χ2v) is 5.72. The number of piperazine rings is 1. The summed E-state index contributed by atoms with van der Waals surface area (Å²) in [5.41, 5.74) is 1.36. The molecule has 1 saturated heterocycles. The number of halogens is 1. The zero-order valence-electron chi connectivity index (χ0n) is 12.6. The van der Waals surface area contributed by atoms with Crippen molar-refractivity contribution in [3.63, 3.8) is 0 Å². The predicted molar refractivity (Wildman–Crippen MR) is 80.7 cm³/mol. The number of aliphatic hydroxyl groups is 2. The van der Waals surface area contributed by atoms with Crippen LogP contribution >= 0.6 is 0 Å². The molecule has 1 unspecified atom stereocenters. The molecule has 1 aromatic rings. The highest BCUT2D eigenvalue weighted by Gasteiger charge is 2.17. The normalized spacial score (nSPS) is 18.9. The van der Waals surface area contributed by atoms with Crippen LogP contribution in [0, 0.1) is 12.7 Å². The third-order valence-corrected chi connectivity index (χ3v) is 4.17. The first-order chi connectivity index (χ1) is 10.1. The molecule has 4 nitrogen and oxygen atoms in total. The molecule has 5 heteroatoms. The third kappa shape index (κ3) is 4.74. The number of aryl methyl sites for hydroxylation is 1. The average Bonchev–Trinajstić information content (AvgIpc) is 2.49. The van der Waals surface area contributed by atoms with Gasteiger partial charge in [0.1, 0.15) is 5.82 Å². The highest BCUT2D eigenvalue weighted by atomic mass is 19.1. The van der Waals surface area contributed by atoms with Crippen molar-refractivity contribution in [1.29, 1.82) is 0 Å². The molecule has 0 amide bonds. The van der Waals surface area contributed by atoms with Gasteiger partial charge in [-0.25, -0.2) is 4.39 Å².